The maximum absolute atomic E-state index is 10.3. The monoisotopic (exact) mass is 1140 g/mol. The van der Waals surface area contributed by atoms with Crippen LogP contribution in [0.1, 0.15) is 199 Å². The number of hydrogen-bond donors (Lipinski definition) is 0. The Morgan fingerprint density at radius 1 is 0.303 bits per heavy atom. The van der Waals surface area contributed by atoms with Crippen molar-refractivity contribution in [2.45, 2.75) is 199 Å². The molecule has 0 unspecified atom stereocenters. The van der Waals surface area contributed by atoms with E-state index in [-0.39, 0.29) is 136 Å². The molecule has 0 atom stereocenters. The Hall–Kier alpha value is -5.88. The number of carbonyl (C=O) groups excluding carboxylic acids is 12. The van der Waals surface area contributed by atoms with Gasteiger partial charge in [0.2, 0.25) is 13.6 Å². The minimum Gasteiger partial charge on any atom is -0.469 e. The van der Waals surface area contributed by atoms with Crippen LogP contribution >= 0.6 is 0 Å². The predicted octanol–water partition coefficient (Wildman–Crippen LogP) is 11.6. The quantitative estimate of drug-likeness (QED) is 0.0675. The van der Waals surface area contributed by atoms with Crippen molar-refractivity contribution in [2.24, 2.45) is 0 Å². The van der Waals surface area contributed by atoms with Crippen LogP contribution in [0, 0.1) is 0 Å². The van der Waals surface area contributed by atoms with E-state index in [4.69, 9.17) is 19.1 Å². The molecule has 0 radical (unpaired) electrons. The van der Waals surface area contributed by atoms with Crippen molar-refractivity contribution in [1.82, 2.24) is 0 Å². The van der Waals surface area contributed by atoms with Gasteiger partial charge in [-0.2, -0.15) is 0 Å². The molecule has 0 aromatic rings. The van der Waals surface area contributed by atoms with Crippen LogP contribution in [0.4, 0.5) is 0 Å². The first-order valence-electron chi connectivity index (χ1n) is 17.6. The molecular weight excluding hydrogens is 1010 g/mol. The summed E-state index contributed by atoms with van der Waals surface area (Å²) in [5, 5.41) is 0. The molecule has 0 aliphatic heterocycles. The summed E-state index contributed by atoms with van der Waals surface area (Å²) >= 11 is 0. The third-order valence-electron chi connectivity index (χ3n) is 3.77. The standard InChI is InChI=1S/4C5H8O4.C5H10O2.C4H10O.C3H8O2.C3H8.3CH2O.14CH4/c2*1-8-4(6)3-5(7)9-2;2*1-4(6)8-3-9-5(2)7;1-3-5(6)7-4-2;1-3-5-4-2;1-4-3-5-2;1-3-2;3*1-2;;;;;;;;;;;;;;/h4*3H2,1-2H3;3-4H2,1-2H3;3-4H2,1-2H3;3H2,1-2H3;3H2,1-2H3;3*1H2;14*1H4. The second-order valence-corrected chi connectivity index (χ2v) is 8.78. The smallest absolute Gasteiger partial charge is 0.316 e. The highest BCUT2D eigenvalue weighted by molar-refractivity contribution is 5.91. The van der Waals surface area contributed by atoms with Gasteiger partial charge >= 0.3 is 53.7 Å². The van der Waals surface area contributed by atoms with Gasteiger partial charge in [-0.05, 0) is 20.8 Å². The molecule has 0 amide bonds. The Bertz CT molecular complexity index is 898. The lowest BCUT2D eigenvalue weighted by Gasteiger charge is -1.99. The first-order chi connectivity index (χ1) is 29.2. The zero-order valence-corrected chi connectivity index (χ0v) is 39.5. The van der Waals surface area contributed by atoms with Crippen LogP contribution in [-0.2, 0) is 114 Å². The molecule has 24 heteroatoms. The van der Waals surface area contributed by atoms with E-state index in [0.717, 1.165) is 13.2 Å². The minimum atomic E-state index is -0.582. The van der Waals surface area contributed by atoms with Crippen LogP contribution in [0.15, 0.2) is 0 Å². The van der Waals surface area contributed by atoms with E-state index >= 15 is 0 Å². The number of ether oxygens (including phenoxy) is 12. The molecule has 0 aliphatic carbocycles. The number of carbonyl (C=O) groups is 12. The molecule has 0 bridgehead atoms. The third kappa shape index (κ3) is 317. The molecule has 76 heavy (non-hydrogen) atoms. The first kappa shape index (κ1) is 165. The Morgan fingerprint density at radius 2 is 0.487 bits per heavy atom. The minimum absolute atomic E-state index is 0. The van der Waals surface area contributed by atoms with Gasteiger partial charge in [0.25, 0.3) is 0 Å². The summed E-state index contributed by atoms with van der Waals surface area (Å²) in [7, 11) is 8.03. The van der Waals surface area contributed by atoms with Gasteiger partial charge in [-0.25, -0.2) is 0 Å². The Morgan fingerprint density at radius 3 is 0.553 bits per heavy atom. The summed E-state index contributed by atoms with van der Waals surface area (Å²) in [6.45, 7) is 24.8. The van der Waals surface area contributed by atoms with E-state index in [0.29, 0.717) is 19.8 Å². The molecule has 0 aliphatic rings. The maximum atomic E-state index is 10.3. The Kier molecular flexibility index (Phi) is 374. The van der Waals surface area contributed by atoms with Gasteiger partial charge in [-0.3, -0.25) is 43.2 Å². The van der Waals surface area contributed by atoms with Crippen molar-refractivity contribution in [1.29, 1.82) is 0 Å². The SMILES string of the molecule is C.C.C.C.C.C.C.C.C.C.C.C.C.C.C=O.C=O.C=O.CC(=O)OCOC(C)=O.CC(=O)OCOC(C)=O.CCC.CCOC(=O)CC.CCOCC.COC(=O)CC(=O)OC.COC(=O)CC(=O)OC.COCOC. The zero-order chi connectivity index (χ0) is 51.8. The zero-order valence-electron chi connectivity index (χ0n) is 39.5. The number of rotatable bonds is 14. The molecule has 0 saturated heterocycles. The normalized spacial score (nSPS) is 6.16. The molecule has 482 valence electrons. The van der Waals surface area contributed by atoms with Crippen molar-refractivity contribution >= 4 is 74.1 Å². The fraction of sp³-hybridized carbons (Fsp3) is 0.769. The van der Waals surface area contributed by atoms with Crippen LogP contribution in [-0.4, -0.2) is 157 Å². The van der Waals surface area contributed by atoms with Gasteiger partial charge in [0, 0.05) is 61.5 Å². The third-order valence-corrected chi connectivity index (χ3v) is 3.77. The molecule has 0 heterocycles. The maximum Gasteiger partial charge on any atom is 0.316 e. The summed E-state index contributed by atoms with van der Waals surface area (Å²) < 4.78 is 52.1. The van der Waals surface area contributed by atoms with Crippen molar-refractivity contribution in [3.8, 4) is 0 Å². The average Bonchev–Trinajstić information content (AvgIpc) is 3.24. The highest BCUT2D eigenvalue weighted by atomic mass is 16.7. The van der Waals surface area contributed by atoms with E-state index in [9.17, 15) is 43.2 Å². The lowest BCUT2D eigenvalue weighted by Crippen LogP contribution is -2.09. The van der Waals surface area contributed by atoms with Crippen molar-refractivity contribution in [2.75, 3.05) is 82.9 Å². The van der Waals surface area contributed by atoms with E-state index in [1.165, 1.54) is 62.6 Å². The van der Waals surface area contributed by atoms with E-state index < -0.39 is 47.8 Å². The lowest BCUT2D eigenvalue weighted by atomic mass is 10.4. The fourth-order valence-corrected chi connectivity index (χ4v) is 1.50. The van der Waals surface area contributed by atoms with Crippen LogP contribution in [0.2, 0.25) is 0 Å². The van der Waals surface area contributed by atoms with Crippen molar-refractivity contribution in [3.05, 3.63) is 0 Å². The highest BCUT2D eigenvalue weighted by Crippen LogP contribution is 1.87. The second kappa shape index (κ2) is 173. The van der Waals surface area contributed by atoms with Gasteiger partial charge in [0.1, 0.15) is 40.0 Å². The predicted molar refractivity (Wildman–Crippen MR) is 314 cm³/mol. The summed E-state index contributed by atoms with van der Waals surface area (Å²) in [6, 6.07) is 0. The van der Waals surface area contributed by atoms with Crippen molar-refractivity contribution < 1.29 is 114 Å². The van der Waals surface area contributed by atoms with Crippen LogP contribution in [0.3, 0.4) is 0 Å². The van der Waals surface area contributed by atoms with E-state index in [2.05, 4.69) is 66.0 Å². The second-order valence-electron chi connectivity index (χ2n) is 8.78. The van der Waals surface area contributed by atoms with Gasteiger partial charge in [0.15, 0.2) is 0 Å². The summed E-state index contributed by atoms with van der Waals surface area (Å²) in [6.07, 6.45) is 1.10. The van der Waals surface area contributed by atoms with Crippen LogP contribution in [0.25, 0.3) is 0 Å². The van der Waals surface area contributed by atoms with E-state index in [1.54, 1.807) is 28.1 Å². The van der Waals surface area contributed by atoms with Gasteiger partial charge in [0.05, 0.1) is 35.0 Å². The molecule has 0 saturated carbocycles. The van der Waals surface area contributed by atoms with Crippen LogP contribution in [0.5, 0.6) is 0 Å². The molecule has 0 N–H and O–H groups in total. The van der Waals surface area contributed by atoms with Crippen molar-refractivity contribution in [3.63, 3.8) is 0 Å². The summed E-state index contributed by atoms with van der Waals surface area (Å²) in [5.41, 5.74) is 0. The number of esters is 9. The molecular formula is C52H130O24. The molecule has 0 aromatic carbocycles. The lowest BCUT2D eigenvalue weighted by molar-refractivity contribution is -0.165. The number of hydrogen-bond acceptors (Lipinski definition) is 24. The Balaban J connectivity index is -0.0000000165. The van der Waals surface area contributed by atoms with Crippen LogP contribution < -0.4 is 0 Å². The average molecular weight is 1140 g/mol. The molecule has 0 spiro atoms. The number of methoxy groups -OCH3 is 6. The topological polar surface area (TPSA) is 316 Å². The first-order valence-corrected chi connectivity index (χ1v) is 17.6. The highest BCUT2D eigenvalue weighted by Gasteiger charge is 2.08. The fourth-order valence-electron chi connectivity index (χ4n) is 1.50. The van der Waals surface area contributed by atoms with Gasteiger partial charge in [-0.1, -0.05) is 131 Å². The molecule has 0 rings (SSSR count). The molecule has 0 aromatic heterocycles. The summed E-state index contributed by atoms with van der Waals surface area (Å²) in [4.78, 5) is 115. The molecule has 0 fully saturated rings. The largest absolute Gasteiger partial charge is 0.469 e. The van der Waals surface area contributed by atoms with E-state index in [1.807, 2.05) is 34.2 Å². The Labute approximate surface area is 469 Å². The summed E-state index contributed by atoms with van der Waals surface area (Å²) in [5.74, 6) is -4.30. The molecule has 24 nitrogen and oxygen atoms in total. The van der Waals surface area contributed by atoms with Gasteiger partial charge in [-0.15, -0.1) is 0 Å². The van der Waals surface area contributed by atoms with Gasteiger partial charge < -0.3 is 71.2 Å².